The summed E-state index contributed by atoms with van der Waals surface area (Å²) < 4.78 is 0. The molecule has 0 aliphatic carbocycles. The van der Waals surface area contributed by atoms with Gasteiger partial charge < -0.3 is 15.2 Å². The molecule has 1 aromatic rings. The van der Waals surface area contributed by atoms with Gasteiger partial charge in [-0.05, 0) is 30.2 Å². The second kappa shape index (κ2) is 5.91. The first-order chi connectivity index (χ1) is 8.73. The van der Waals surface area contributed by atoms with Crippen LogP contribution in [-0.2, 0) is 12.8 Å². The van der Waals surface area contributed by atoms with Gasteiger partial charge >= 0.3 is 11.9 Å². The van der Waals surface area contributed by atoms with Gasteiger partial charge in [-0.2, -0.15) is 0 Å². The number of nitrogens with one attached hydrogen (secondary N) is 1. The third-order valence-electron chi connectivity index (χ3n) is 2.84. The second-order valence-corrected chi connectivity index (χ2v) is 5.64. The van der Waals surface area contributed by atoms with Gasteiger partial charge in [0.15, 0.2) is 0 Å². The van der Waals surface area contributed by atoms with Crippen molar-refractivity contribution >= 4 is 11.9 Å². The summed E-state index contributed by atoms with van der Waals surface area (Å²) in [5.74, 6) is -1.81. The zero-order valence-corrected chi connectivity index (χ0v) is 11.8. The van der Waals surface area contributed by atoms with Crippen molar-refractivity contribution in [2.45, 2.75) is 40.5 Å². The van der Waals surface area contributed by atoms with Crippen LogP contribution in [0.1, 0.15) is 59.8 Å². The van der Waals surface area contributed by atoms with Gasteiger partial charge in [-0.25, -0.2) is 9.59 Å². The molecule has 0 unspecified atom stereocenters. The molecule has 0 aromatic carbocycles. The Kier molecular flexibility index (Phi) is 4.75. The van der Waals surface area contributed by atoms with Gasteiger partial charge in [0.05, 0.1) is 5.56 Å². The Morgan fingerprint density at radius 1 is 1.00 bits per heavy atom. The molecule has 1 rings (SSSR count). The third-order valence-corrected chi connectivity index (χ3v) is 2.84. The van der Waals surface area contributed by atoms with Crippen molar-refractivity contribution in [3.05, 3.63) is 22.5 Å². The number of carboxylic acid groups (broad SMARTS) is 2. The summed E-state index contributed by atoms with van der Waals surface area (Å²) >= 11 is 0. The molecule has 0 fully saturated rings. The van der Waals surface area contributed by atoms with Crippen molar-refractivity contribution in [2.75, 3.05) is 0 Å². The van der Waals surface area contributed by atoms with Crippen LogP contribution in [0.15, 0.2) is 0 Å². The van der Waals surface area contributed by atoms with Crippen molar-refractivity contribution in [2.24, 2.45) is 11.8 Å². The Morgan fingerprint density at radius 3 is 1.89 bits per heavy atom. The smallest absolute Gasteiger partial charge is 0.353 e. The maximum Gasteiger partial charge on any atom is 0.353 e. The van der Waals surface area contributed by atoms with E-state index in [4.69, 9.17) is 5.11 Å². The zero-order chi connectivity index (χ0) is 14.7. The minimum atomic E-state index is -1.22. The topological polar surface area (TPSA) is 90.4 Å². The highest BCUT2D eigenvalue weighted by Gasteiger charge is 2.26. The molecular formula is C14H21NO4. The van der Waals surface area contributed by atoms with Crippen LogP contribution >= 0.6 is 0 Å². The fraction of sp³-hybridized carbons (Fsp3) is 0.571. The van der Waals surface area contributed by atoms with E-state index >= 15 is 0 Å². The lowest BCUT2D eigenvalue weighted by Gasteiger charge is -2.10. The SMILES string of the molecule is CC(C)Cc1[nH]c(C(=O)O)c(C(=O)O)c1CC(C)C. The Hall–Kier alpha value is -1.78. The Morgan fingerprint density at radius 2 is 1.53 bits per heavy atom. The van der Waals surface area contributed by atoms with E-state index in [-0.39, 0.29) is 17.2 Å². The van der Waals surface area contributed by atoms with Crippen molar-refractivity contribution in [1.29, 1.82) is 0 Å². The number of aromatic carboxylic acids is 2. The molecule has 3 N–H and O–H groups in total. The van der Waals surface area contributed by atoms with Gasteiger partial charge in [-0.1, -0.05) is 27.7 Å². The fourth-order valence-electron chi connectivity index (χ4n) is 2.20. The quantitative estimate of drug-likeness (QED) is 0.739. The van der Waals surface area contributed by atoms with Crippen molar-refractivity contribution in [3.63, 3.8) is 0 Å². The van der Waals surface area contributed by atoms with Crippen LogP contribution in [0.3, 0.4) is 0 Å². The standard InChI is InChI=1S/C14H21NO4/c1-7(2)5-9-10(6-8(3)4)15-12(14(18)19)11(9)13(16)17/h7-8,15H,5-6H2,1-4H3,(H,16,17)(H,18,19). The second-order valence-electron chi connectivity index (χ2n) is 5.64. The van der Waals surface area contributed by atoms with E-state index in [2.05, 4.69) is 4.98 Å². The van der Waals surface area contributed by atoms with E-state index < -0.39 is 11.9 Å². The van der Waals surface area contributed by atoms with Gasteiger partial charge in [0.2, 0.25) is 0 Å². The molecule has 0 atom stereocenters. The van der Waals surface area contributed by atoms with E-state index in [1.54, 1.807) is 0 Å². The predicted octanol–water partition coefficient (Wildman–Crippen LogP) is 2.81. The summed E-state index contributed by atoms with van der Waals surface area (Å²) in [6.45, 7) is 8.00. The zero-order valence-electron chi connectivity index (χ0n) is 11.8. The Bertz CT molecular complexity index is 486. The lowest BCUT2D eigenvalue weighted by atomic mass is 9.95. The number of aromatic nitrogens is 1. The molecular weight excluding hydrogens is 246 g/mol. The van der Waals surface area contributed by atoms with Crippen LogP contribution < -0.4 is 0 Å². The van der Waals surface area contributed by atoms with E-state index in [1.807, 2.05) is 27.7 Å². The summed E-state index contributed by atoms with van der Waals surface area (Å²) in [4.78, 5) is 25.3. The molecule has 5 nitrogen and oxygen atoms in total. The first-order valence-corrected chi connectivity index (χ1v) is 6.44. The number of H-pyrrole nitrogens is 1. The van der Waals surface area contributed by atoms with Gasteiger partial charge in [0.25, 0.3) is 0 Å². The Labute approximate surface area is 112 Å². The van der Waals surface area contributed by atoms with Crippen molar-refractivity contribution in [3.8, 4) is 0 Å². The molecule has 0 amide bonds. The van der Waals surface area contributed by atoms with E-state index in [9.17, 15) is 14.7 Å². The molecule has 1 heterocycles. The monoisotopic (exact) mass is 267 g/mol. The number of carboxylic acids is 2. The molecule has 0 spiro atoms. The average molecular weight is 267 g/mol. The van der Waals surface area contributed by atoms with Gasteiger partial charge in [0, 0.05) is 5.69 Å². The Balaban J connectivity index is 3.41. The fourth-order valence-corrected chi connectivity index (χ4v) is 2.20. The summed E-state index contributed by atoms with van der Waals surface area (Å²) in [6, 6.07) is 0. The molecule has 0 aliphatic rings. The third kappa shape index (κ3) is 3.59. The van der Waals surface area contributed by atoms with Gasteiger partial charge in [0.1, 0.15) is 5.69 Å². The lowest BCUT2D eigenvalue weighted by Crippen LogP contribution is -2.09. The molecule has 1 aromatic heterocycles. The maximum atomic E-state index is 11.3. The number of carbonyl (C=O) groups is 2. The molecule has 0 bridgehead atoms. The normalized spacial score (nSPS) is 11.3. The number of rotatable bonds is 6. The number of hydrogen-bond acceptors (Lipinski definition) is 2. The molecule has 5 heteroatoms. The number of hydrogen-bond donors (Lipinski definition) is 3. The minimum absolute atomic E-state index is 0.0862. The van der Waals surface area contributed by atoms with E-state index in [0.717, 1.165) is 5.69 Å². The summed E-state index contributed by atoms with van der Waals surface area (Å²) in [5.41, 5.74) is 1.07. The molecule has 0 saturated carbocycles. The highest BCUT2D eigenvalue weighted by atomic mass is 16.4. The van der Waals surface area contributed by atoms with Crippen LogP contribution in [0.5, 0.6) is 0 Å². The van der Waals surface area contributed by atoms with E-state index in [1.165, 1.54) is 0 Å². The average Bonchev–Trinajstić information content (AvgIpc) is 2.55. The van der Waals surface area contributed by atoms with Crippen molar-refractivity contribution in [1.82, 2.24) is 4.98 Å². The lowest BCUT2D eigenvalue weighted by molar-refractivity contribution is 0.0647. The molecule has 106 valence electrons. The van der Waals surface area contributed by atoms with Crippen molar-refractivity contribution < 1.29 is 19.8 Å². The van der Waals surface area contributed by atoms with Crippen LogP contribution in [0, 0.1) is 11.8 Å². The van der Waals surface area contributed by atoms with Crippen LogP contribution in [0.2, 0.25) is 0 Å². The molecule has 19 heavy (non-hydrogen) atoms. The van der Waals surface area contributed by atoms with Crippen LogP contribution in [-0.4, -0.2) is 27.1 Å². The van der Waals surface area contributed by atoms with Gasteiger partial charge in [-0.15, -0.1) is 0 Å². The highest BCUT2D eigenvalue weighted by molar-refractivity contribution is 6.02. The first kappa shape index (κ1) is 15.3. The molecule has 0 aliphatic heterocycles. The molecule has 0 saturated heterocycles. The first-order valence-electron chi connectivity index (χ1n) is 6.44. The summed E-state index contributed by atoms with van der Waals surface area (Å²) in [6.07, 6.45) is 1.21. The highest BCUT2D eigenvalue weighted by Crippen LogP contribution is 2.25. The van der Waals surface area contributed by atoms with Crippen LogP contribution in [0.4, 0.5) is 0 Å². The van der Waals surface area contributed by atoms with Gasteiger partial charge in [-0.3, -0.25) is 0 Å². The maximum absolute atomic E-state index is 11.3. The number of aromatic amines is 1. The van der Waals surface area contributed by atoms with E-state index in [0.29, 0.717) is 24.3 Å². The molecule has 0 radical (unpaired) electrons. The summed E-state index contributed by atoms with van der Waals surface area (Å²) in [5, 5.41) is 18.4. The largest absolute Gasteiger partial charge is 0.478 e. The predicted molar refractivity (Wildman–Crippen MR) is 71.8 cm³/mol. The summed E-state index contributed by atoms with van der Waals surface area (Å²) in [7, 11) is 0. The minimum Gasteiger partial charge on any atom is -0.478 e. The van der Waals surface area contributed by atoms with Crippen LogP contribution in [0.25, 0.3) is 0 Å².